The second-order valence-electron chi connectivity index (χ2n) is 6.88. The SMILES string of the molecule is CC(C)NC(=O)C(F)c1ccc(C(=O)Nc2cc(-c3cccs3)ccc2N)cc1. The summed E-state index contributed by atoms with van der Waals surface area (Å²) in [5.74, 6) is -1.07. The van der Waals surface area contributed by atoms with Gasteiger partial charge in [-0.15, -0.1) is 11.3 Å². The predicted octanol–water partition coefficient (Wildman–Crippen LogP) is 4.78. The van der Waals surface area contributed by atoms with Gasteiger partial charge in [-0.05, 0) is 60.7 Å². The van der Waals surface area contributed by atoms with Crippen LogP contribution in [0.15, 0.2) is 60.0 Å². The Hall–Kier alpha value is -3.19. The summed E-state index contributed by atoms with van der Waals surface area (Å²) in [6.45, 7) is 3.52. The molecule has 2 aromatic carbocycles. The number of nitrogens with one attached hydrogen (secondary N) is 2. The number of nitrogens with two attached hydrogens (primary N) is 1. The maximum Gasteiger partial charge on any atom is 0.259 e. The molecule has 2 amide bonds. The molecule has 3 aromatic rings. The molecule has 4 N–H and O–H groups in total. The fourth-order valence-corrected chi connectivity index (χ4v) is 3.49. The van der Waals surface area contributed by atoms with Crippen LogP contribution < -0.4 is 16.4 Å². The standard InChI is InChI=1S/C22H22FN3O2S/c1-13(2)25-22(28)20(23)14-5-7-15(8-6-14)21(27)26-18-12-16(9-10-17(18)24)19-4-3-11-29-19/h3-13,20H,24H2,1-2H3,(H,25,28)(H,26,27). The lowest BCUT2D eigenvalue weighted by atomic mass is 10.1. The summed E-state index contributed by atoms with van der Waals surface area (Å²) in [4.78, 5) is 25.5. The molecule has 0 aliphatic carbocycles. The van der Waals surface area contributed by atoms with Crippen LogP contribution in [-0.4, -0.2) is 17.9 Å². The number of carbonyl (C=O) groups excluding carboxylic acids is 2. The highest BCUT2D eigenvalue weighted by molar-refractivity contribution is 7.13. The molecule has 1 heterocycles. The zero-order valence-corrected chi connectivity index (χ0v) is 16.9. The highest BCUT2D eigenvalue weighted by atomic mass is 32.1. The van der Waals surface area contributed by atoms with Crippen molar-refractivity contribution in [3.8, 4) is 10.4 Å². The van der Waals surface area contributed by atoms with E-state index in [0.717, 1.165) is 10.4 Å². The molecule has 1 unspecified atom stereocenters. The third-order valence-electron chi connectivity index (χ3n) is 4.23. The average Bonchev–Trinajstić information content (AvgIpc) is 3.23. The molecule has 0 radical (unpaired) electrons. The van der Waals surface area contributed by atoms with Crippen LogP contribution in [0.4, 0.5) is 15.8 Å². The number of benzene rings is 2. The van der Waals surface area contributed by atoms with Crippen molar-refractivity contribution in [2.45, 2.75) is 26.1 Å². The number of rotatable bonds is 6. The maximum absolute atomic E-state index is 14.3. The quantitative estimate of drug-likeness (QED) is 0.510. The van der Waals surface area contributed by atoms with E-state index in [1.807, 2.05) is 29.6 Å². The minimum atomic E-state index is -1.78. The molecule has 5 nitrogen and oxygen atoms in total. The summed E-state index contributed by atoms with van der Waals surface area (Å²) in [6.07, 6.45) is -1.78. The Morgan fingerprint density at radius 2 is 1.79 bits per heavy atom. The number of nitrogen functional groups attached to an aromatic ring is 1. The van der Waals surface area contributed by atoms with E-state index in [1.165, 1.54) is 24.3 Å². The van der Waals surface area contributed by atoms with E-state index in [9.17, 15) is 14.0 Å². The van der Waals surface area contributed by atoms with E-state index >= 15 is 0 Å². The lowest BCUT2D eigenvalue weighted by molar-refractivity contribution is -0.126. The van der Waals surface area contributed by atoms with Gasteiger partial charge in [0.15, 0.2) is 0 Å². The molecule has 3 rings (SSSR count). The second-order valence-corrected chi connectivity index (χ2v) is 7.83. The van der Waals surface area contributed by atoms with Crippen LogP contribution in [0.25, 0.3) is 10.4 Å². The first-order valence-electron chi connectivity index (χ1n) is 9.14. The Kier molecular flexibility index (Phi) is 6.29. The number of carbonyl (C=O) groups is 2. The van der Waals surface area contributed by atoms with Gasteiger partial charge in [0.1, 0.15) is 0 Å². The maximum atomic E-state index is 14.3. The van der Waals surface area contributed by atoms with Gasteiger partial charge in [0.05, 0.1) is 11.4 Å². The summed E-state index contributed by atoms with van der Waals surface area (Å²) in [5, 5.41) is 7.30. The number of hydrogen-bond acceptors (Lipinski definition) is 4. The molecule has 0 spiro atoms. The highest BCUT2D eigenvalue weighted by Gasteiger charge is 2.20. The number of thiophene rings is 1. The van der Waals surface area contributed by atoms with E-state index < -0.39 is 12.1 Å². The summed E-state index contributed by atoms with van der Waals surface area (Å²) in [7, 11) is 0. The van der Waals surface area contributed by atoms with Crippen LogP contribution in [0.3, 0.4) is 0 Å². The van der Waals surface area contributed by atoms with Crippen LogP contribution >= 0.6 is 11.3 Å². The molecule has 1 atom stereocenters. The first kappa shape index (κ1) is 20.5. The van der Waals surface area contributed by atoms with Crippen molar-refractivity contribution in [3.05, 3.63) is 71.1 Å². The molecule has 29 heavy (non-hydrogen) atoms. The Balaban J connectivity index is 1.73. The van der Waals surface area contributed by atoms with Crippen molar-refractivity contribution >= 4 is 34.5 Å². The molecule has 0 saturated carbocycles. The normalized spacial score (nSPS) is 11.9. The highest BCUT2D eigenvalue weighted by Crippen LogP contribution is 2.30. The van der Waals surface area contributed by atoms with Gasteiger partial charge in [-0.2, -0.15) is 0 Å². The molecule has 1 aromatic heterocycles. The summed E-state index contributed by atoms with van der Waals surface area (Å²) < 4.78 is 14.3. The van der Waals surface area contributed by atoms with Gasteiger partial charge in [-0.25, -0.2) is 4.39 Å². The van der Waals surface area contributed by atoms with Crippen LogP contribution in [-0.2, 0) is 4.79 Å². The fraction of sp³-hybridized carbons (Fsp3) is 0.182. The van der Waals surface area contributed by atoms with Gasteiger partial charge in [0, 0.05) is 16.5 Å². The minimum Gasteiger partial charge on any atom is -0.397 e. The van der Waals surface area contributed by atoms with Crippen molar-refractivity contribution in [1.82, 2.24) is 5.32 Å². The van der Waals surface area contributed by atoms with Gasteiger partial charge in [-0.1, -0.05) is 24.3 Å². The molecule has 7 heteroatoms. The van der Waals surface area contributed by atoms with E-state index in [2.05, 4.69) is 10.6 Å². The first-order valence-corrected chi connectivity index (χ1v) is 10.0. The Morgan fingerprint density at radius 3 is 2.41 bits per heavy atom. The van der Waals surface area contributed by atoms with Gasteiger partial charge in [0.2, 0.25) is 6.17 Å². The van der Waals surface area contributed by atoms with Crippen molar-refractivity contribution in [3.63, 3.8) is 0 Å². The second kappa shape index (κ2) is 8.87. The number of amides is 2. The third kappa shape index (κ3) is 5.00. The average molecular weight is 412 g/mol. The molecule has 0 saturated heterocycles. The number of halogens is 1. The Bertz CT molecular complexity index is 1000. The zero-order chi connectivity index (χ0) is 21.0. The van der Waals surface area contributed by atoms with E-state index in [4.69, 9.17) is 5.73 Å². The largest absolute Gasteiger partial charge is 0.397 e. The van der Waals surface area contributed by atoms with Crippen molar-refractivity contribution in [2.24, 2.45) is 0 Å². The van der Waals surface area contributed by atoms with E-state index in [-0.39, 0.29) is 17.5 Å². The molecule has 0 fully saturated rings. The number of anilines is 2. The fourth-order valence-electron chi connectivity index (χ4n) is 2.77. The van der Waals surface area contributed by atoms with Gasteiger partial charge in [0.25, 0.3) is 11.8 Å². The summed E-state index contributed by atoms with van der Waals surface area (Å²) >= 11 is 1.59. The molecule has 150 valence electrons. The van der Waals surface area contributed by atoms with E-state index in [0.29, 0.717) is 16.9 Å². The Labute approximate surface area is 172 Å². The predicted molar refractivity (Wildman–Crippen MR) is 116 cm³/mol. The van der Waals surface area contributed by atoms with Crippen LogP contribution in [0, 0.1) is 0 Å². The van der Waals surface area contributed by atoms with Crippen molar-refractivity contribution in [2.75, 3.05) is 11.1 Å². The molecular weight excluding hydrogens is 389 g/mol. The van der Waals surface area contributed by atoms with Gasteiger partial charge >= 0.3 is 0 Å². The molecular formula is C22H22FN3O2S. The lowest BCUT2D eigenvalue weighted by Gasteiger charge is -2.13. The first-order chi connectivity index (χ1) is 13.8. The molecule has 0 bridgehead atoms. The topological polar surface area (TPSA) is 84.2 Å². The number of alkyl halides is 1. The summed E-state index contributed by atoms with van der Waals surface area (Å²) in [5.41, 5.74) is 8.44. The zero-order valence-electron chi connectivity index (χ0n) is 16.1. The molecule has 0 aliphatic heterocycles. The third-order valence-corrected chi connectivity index (χ3v) is 5.15. The summed E-state index contributed by atoms with van der Waals surface area (Å²) in [6, 6.07) is 15.1. The van der Waals surface area contributed by atoms with Gasteiger partial charge < -0.3 is 16.4 Å². The molecule has 0 aliphatic rings. The van der Waals surface area contributed by atoms with Crippen LogP contribution in [0.5, 0.6) is 0 Å². The lowest BCUT2D eigenvalue weighted by Crippen LogP contribution is -2.33. The smallest absolute Gasteiger partial charge is 0.259 e. The number of hydrogen-bond donors (Lipinski definition) is 3. The van der Waals surface area contributed by atoms with Crippen molar-refractivity contribution < 1.29 is 14.0 Å². The Morgan fingerprint density at radius 1 is 1.07 bits per heavy atom. The van der Waals surface area contributed by atoms with Crippen LogP contribution in [0.2, 0.25) is 0 Å². The van der Waals surface area contributed by atoms with Crippen molar-refractivity contribution in [1.29, 1.82) is 0 Å². The monoisotopic (exact) mass is 411 g/mol. The van der Waals surface area contributed by atoms with Gasteiger partial charge in [-0.3, -0.25) is 9.59 Å². The van der Waals surface area contributed by atoms with E-state index in [1.54, 1.807) is 31.3 Å². The van der Waals surface area contributed by atoms with Crippen LogP contribution in [0.1, 0.15) is 35.9 Å². The minimum absolute atomic E-state index is 0.152.